The fourth-order valence-corrected chi connectivity index (χ4v) is 3.19. The van der Waals surface area contributed by atoms with E-state index in [-0.39, 0.29) is 11.9 Å². The minimum Gasteiger partial charge on any atom is -0.383 e. The number of benzene rings is 1. The van der Waals surface area contributed by atoms with Crippen LogP contribution in [0.5, 0.6) is 0 Å². The Kier molecular flexibility index (Phi) is 6.88. The van der Waals surface area contributed by atoms with Gasteiger partial charge in [0.25, 0.3) is 0 Å². The van der Waals surface area contributed by atoms with Gasteiger partial charge in [0.05, 0.1) is 12.8 Å². The molecular weight excluding hydrogens is 333 g/mol. The summed E-state index contributed by atoms with van der Waals surface area (Å²) in [6.45, 7) is 6.06. The van der Waals surface area contributed by atoms with E-state index >= 15 is 0 Å². The van der Waals surface area contributed by atoms with Crippen molar-refractivity contribution in [2.45, 2.75) is 6.04 Å². The van der Waals surface area contributed by atoms with Gasteiger partial charge < -0.3 is 15.0 Å². The molecule has 1 saturated heterocycles. The van der Waals surface area contributed by atoms with Crippen LogP contribution < -0.4 is 10.2 Å². The van der Waals surface area contributed by atoms with Crippen LogP contribution in [0.1, 0.15) is 11.6 Å². The number of rotatable bonds is 8. The minimum absolute atomic E-state index is 0.147. The topological polar surface area (TPSA) is 53.5 Å². The maximum absolute atomic E-state index is 13.3. The van der Waals surface area contributed by atoms with Gasteiger partial charge in [0, 0.05) is 64.8 Å². The predicted octanol–water partition coefficient (Wildman–Crippen LogP) is 1.72. The molecule has 1 aromatic carbocycles. The zero-order chi connectivity index (χ0) is 18.2. The average molecular weight is 359 g/mol. The lowest BCUT2D eigenvalue weighted by atomic mass is 10.1. The van der Waals surface area contributed by atoms with Gasteiger partial charge in [0.15, 0.2) is 0 Å². The lowest BCUT2D eigenvalue weighted by Crippen LogP contribution is -2.49. The second-order valence-electron chi connectivity index (χ2n) is 6.40. The molecule has 1 aliphatic heterocycles. The van der Waals surface area contributed by atoms with Crippen LogP contribution in [0.4, 0.5) is 10.2 Å². The van der Waals surface area contributed by atoms with Crippen molar-refractivity contribution in [3.05, 3.63) is 54.2 Å². The van der Waals surface area contributed by atoms with Crippen molar-refractivity contribution in [1.82, 2.24) is 20.2 Å². The van der Waals surface area contributed by atoms with E-state index < -0.39 is 0 Å². The van der Waals surface area contributed by atoms with Crippen molar-refractivity contribution in [1.29, 1.82) is 0 Å². The summed E-state index contributed by atoms with van der Waals surface area (Å²) in [6, 6.07) is 6.90. The first-order chi connectivity index (χ1) is 12.8. The summed E-state index contributed by atoms with van der Waals surface area (Å²) in [4.78, 5) is 13.2. The number of methoxy groups -OCH3 is 1. The van der Waals surface area contributed by atoms with E-state index in [0.29, 0.717) is 6.61 Å². The molecule has 2 heterocycles. The molecule has 26 heavy (non-hydrogen) atoms. The quantitative estimate of drug-likeness (QED) is 0.725. The van der Waals surface area contributed by atoms with E-state index in [9.17, 15) is 4.39 Å². The fraction of sp³-hybridized carbons (Fsp3) is 0.474. The number of hydrogen-bond donors (Lipinski definition) is 1. The molecule has 1 unspecified atom stereocenters. The number of anilines is 1. The number of nitrogens with one attached hydrogen (secondary N) is 1. The first kappa shape index (κ1) is 18.7. The van der Waals surface area contributed by atoms with Gasteiger partial charge in [-0.1, -0.05) is 12.1 Å². The summed E-state index contributed by atoms with van der Waals surface area (Å²) < 4.78 is 18.4. The SMILES string of the molecule is COCCNC(CN1CCN(c2cnccn2)CC1)c1ccc(F)cc1. The highest BCUT2D eigenvalue weighted by atomic mass is 19.1. The lowest BCUT2D eigenvalue weighted by Gasteiger charge is -2.37. The molecule has 0 radical (unpaired) electrons. The molecule has 1 N–H and O–H groups in total. The van der Waals surface area contributed by atoms with Crippen LogP contribution in [0, 0.1) is 5.82 Å². The van der Waals surface area contributed by atoms with Gasteiger partial charge in [-0.3, -0.25) is 9.88 Å². The van der Waals surface area contributed by atoms with Crippen molar-refractivity contribution < 1.29 is 9.13 Å². The van der Waals surface area contributed by atoms with Gasteiger partial charge in [-0.25, -0.2) is 9.37 Å². The van der Waals surface area contributed by atoms with Gasteiger partial charge in [0.1, 0.15) is 11.6 Å². The molecule has 7 heteroatoms. The number of hydrogen-bond acceptors (Lipinski definition) is 6. The number of aromatic nitrogens is 2. The summed E-state index contributed by atoms with van der Waals surface area (Å²) in [6.07, 6.45) is 5.23. The highest BCUT2D eigenvalue weighted by Crippen LogP contribution is 2.18. The Morgan fingerprint density at radius 1 is 1.15 bits per heavy atom. The van der Waals surface area contributed by atoms with Crippen LogP contribution >= 0.6 is 0 Å². The minimum atomic E-state index is -0.207. The lowest BCUT2D eigenvalue weighted by molar-refractivity contribution is 0.184. The highest BCUT2D eigenvalue weighted by molar-refractivity contribution is 5.35. The van der Waals surface area contributed by atoms with Gasteiger partial charge in [-0.2, -0.15) is 0 Å². The van der Waals surface area contributed by atoms with Crippen molar-refractivity contribution in [3.8, 4) is 0 Å². The number of halogens is 1. The first-order valence-corrected chi connectivity index (χ1v) is 8.97. The van der Waals surface area contributed by atoms with E-state index in [0.717, 1.165) is 50.6 Å². The second kappa shape index (κ2) is 9.56. The van der Waals surface area contributed by atoms with Crippen LogP contribution in [0.25, 0.3) is 0 Å². The number of nitrogens with zero attached hydrogens (tertiary/aromatic N) is 4. The Morgan fingerprint density at radius 3 is 2.58 bits per heavy atom. The molecule has 1 aromatic heterocycles. The Morgan fingerprint density at radius 2 is 1.92 bits per heavy atom. The predicted molar refractivity (Wildman–Crippen MR) is 99.7 cm³/mol. The van der Waals surface area contributed by atoms with E-state index in [1.165, 1.54) is 12.1 Å². The van der Waals surface area contributed by atoms with Crippen LogP contribution in [0.15, 0.2) is 42.9 Å². The average Bonchev–Trinajstić information content (AvgIpc) is 2.69. The second-order valence-corrected chi connectivity index (χ2v) is 6.40. The maximum atomic E-state index is 13.3. The Labute approximate surface area is 154 Å². The third kappa shape index (κ3) is 5.20. The molecule has 6 nitrogen and oxygen atoms in total. The summed E-state index contributed by atoms with van der Waals surface area (Å²) >= 11 is 0. The van der Waals surface area contributed by atoms with Crippen LogP contribution in [0.3, 0.4) is 0 Å². The van der Waals surface area contributed by atoms with E-state index in [4.69, 9.17) is 4.74 Å². The zero-order valence-electron chi connectivity index (χ0n) is 15.1. The van der Waals surface area contributed by atoms with Gasteiger partial charge >= 0.3 is 0 Å². The molecule has 1 aliphatic rings. The molecule has 3 rings (SSSR count). The van der Waals surface area contributed by atoms with E-state index in [2.05, 4.69) is 25.1 Å². The third-order valence-corrected chi connectivity index (χ3v) is 4.66. The molecule has 140 valence electrons. The van der Waals surface area contributed by atoms with Crippen LogP contribution in [-0.2, 0) is 4.74 Å². The van der Waals surface area contributed by atoms with Gasteiger partial charge in [-0.15, -0.1) is 0 Å². The van der Waals surface area contributed by atoms with E-state index in [1.54, 1.807) is 19.5 Å². The molecule has 0 bridgehead atoms. The first-order valence-electron chi connectivity index (χ1n) is 8.97. The standard InChI is InChI=1S/C19H26FN5O/c1-26-13-8-22-18(16-2-4-17(20)5-3-16)15-24-9-11-25(12-10-24)19-14-21-6-7-23-19/h2-7,14,18,22H,8-13,15H2,1H3. The Bertz CT molecular complexity index is 647. The van der Waals surface area contributed by atoms with Gasteiger partial charge in [0.2, 0.25) is 0 Å². The molecule has 1 fully saturated rings. The zero-order valence-corrected chi connectivity index (χ0v) is 15.1. The van der Waals surface area contributed by atoms with Gasteiger partial charge in [-0.05, 0) is 17.7 Å². The van der Waals surface area contributed by atoms with Crippen molar-refractivity contribution >= 4 is 5.82 Å². The van der Waals surface area contributed by atoms with Crippen molar-refractivity contribution in [2.24, 2.45) is 0 Å². The monoisotopic (exact) mass is 359 g/mol. The van der Waals surface area contributed by atoms with Crippen molar-refractivity contribution in [3.63, 3.8) is 0 Å². The van der Waals surface area contributed by atoms with Crippen molar-refractivity contribution in [2.75, 3.05) is 57.9 Å². The molecule has 0 spiro atoms. The Balaban J connectivity index is 1.57. The summed E-state index contributed by atoms with van der Waals surface area (Å²) in [7, 11) is 1.69. The summed E-state index contributed by atoms with van der Waals surface area (Å²) in [5.41, 5.74) is 1.10. The Hall–Kier alpha value is -2.09. The smallest absolute Gasteiger partial charge is 0.147 e. The fourth-order valence-electron chi connectivity index (χ4n) is 3.19. The molecule has 2 aromatic rings. The van der Waals surface area contributed by atoms with E-state index in [1.807, 2.05) is 18.3 Å². The normalized spacial score (nSPS) is 16.6. The molecule has 0 saturated carbocycles. The summed E-state index contributed by atoms with van der Waals surface area (Å²) in [5, 5.41) is 3.52. The molecule has 0 amide bonds. The third-order valence-electron chi connectivity index (χ3n) is 4.66. The summed E-state index contributed by atoms with van der Waals surface area (Å²) in [5.74, 6) is 0.724. The van der Waals surface area contributed by atoms with Crippen LogP contribution in [0.2, 0.25) is 0 Å². The molecule has 1 atom stereocenters. The number of ether oxygens (including phenoxy) is 1. The molecular formula is C19H26FN5O. The highest BCUT2D eigenvalue weighted by Gasteiger charge is 2.21. The largest absolute Gasteiger partial charge is 0.383 e. The maximum Gasteiger partial charge on any atom is 0.147 e. The number of piperazine rings is 1. The van der Waals surface area contributed by atoms with Crippen LogP contribution in [-0.4, -0.2) is 67.9 Å². The molecule has 0 aliphatic carbocycles.